The average Bonchev–Trinajstić information content (AvgIpc) is 2.86. The molecule has 0 unspecified atom stereocenters. The number of para-hydroxylation sites is 2. The van der Waals surface area contributed by atoms with Crippen molar-refractivity contribution in [1.82, 2.24) is 4.90 Å². The van der Waals surface area contributed by atoms with Gasteiger partial charge in [-0.25, -0.2) is 4.39 Å². The summed E-state index contributed by atoms with van der Waals surface area (Å²) in [6.07, 6.45) is 6.04. The van der Waals surface area contributed by atoms with Crippen LogP contribution < -0.4 is 9.64 Å². The van der Waals surface area contributed by atoms with Crippen molar-refractivity contribution in [3.63, 3.8) is 0 Å². The summed E-state index contributed by atoms with van der Waals surface area (Å²) in [4.78, 5) is 4.83. The minimum atomic E-state index is -0.470. The van der Waals surface area contributed by atoms with Crippen LogP contribution in [0.2, 0.25) is 0 Å². The molecule has 1 heterocycles. The molecule has 0 aromatic heterocycles. The van der Waals surface area contributed by atoms with Crippen LogP contribution in [-0.4, -0.2) is 55.9 Å². The molecule has 32 heavy (non-hydrogen) atoms. The van der Waals surface area contributed by atoms with Crippen LogP contribution in [0.25, 0.3) is 0 Å². The Hall–Kier alpha value is -2.11. The molecule has 1 aliphatic heterocycles. The van der Waals surface area contributed by atoms with Crippen molar-refractivity contribution in [3.05, 3.63) is 59.9 Å². The highest BCUT2D eigenvalue weighted by Crippen LogP contribution is 2.36. The van der Waals surface area contributed by atoms with Crippen molar-refractivity contribution >= 4 is 5.69 Å². The number of anilines is 1. The maximum absolute atomic E-state index is 14.7. The Balaban J connectivity index is 1.39. The van der Waals surface area contributed by atoms with Crippen LogP contribution in [0, 0.1) is 11.7 Å². The molecule has 0 bridgehead atoms. The molecule has 0 radical (unpaired) electrons. The second-order valence-corrected chi connectivity index (χ2v) is 9.31. The van der Waals surface area contributed by atoms with Gasteiger partial charge in [-0.3, -0.25) is 4.90 Å². The van der Waals surface area contributed by atoms with Crippen molar-refractivity contribution in [1.29, 1.82) is 0 Å². The minimum absolute atomic E-state index is 0.147. The number of aliphatic hydroxyl groups is 1. The number of hydrogen-bond acceptors (Lipinski definition) is 4. The molecule has 2 fully saturated rings. The second kappa shape index (κ2) is 11.2. The van der Waals surface area contributed by atoms with Gasteiger partial charge in [0.15, 0.2) is 0 Å². The summed E-state index contributed by atoms with van der Waals surface area (Å²) in [5.41, 5.74) is 1.82. The van der Waals surface area contributed by atoms with E-state index in [0.29, 0.717) is 5.56 Å². The van der Waals surface area contributed by atoms with E-state index in [1.807, 2.05) is 24.3 Å². The van der Waals surface area contributed by atoms with E-state index in [4.69, 9.17) is 4.74 Å². The van der Waals surface area contributed by atoms with Gasteiger partial charge in [0.2, 0.25) is 0 Å². The first kappa shape index (κ1) is 23.1. The van der Waals surface area contributed by atoms with Crippen LogP contribution in [-0.2, 0) is 0 Å². The number of piperazine rings is 1. The highest BCUT2D eigenvalue weighted by atomic mass is 19.1. The predicted molar refractivity (Wildman–Crippen MR) is 128 cm³/mol. The second-order valence-electron chi connectivity index (χ2n) is 9.31. The quantitative estimate of drug-likeness (QED) is 0.622. The lowest BCUT2D eigenvalue weighted by Crippen LogP contribution is -2.47. The van der Waals surface area contributed by atoms with Crippen LogP contribution in [0.1, 0.15) is 50.0 Å². The highest BCUT2D eigenvalue weighted by molar-refractivity contribution is 5.58. The SMILES string of the molecule is COc1ccccc1N1CCN(CC[C@@H](c2ccccc2F)[C@H](O)C2CCCCC2)CC1. The van der Waals surface area contributed by atoms with Gasteiger partial charge >= 0.3 is 0 Å². The van der Waals surface area contributed by atoms with Crippen molar-refractivity contribution in [3.8, 4) is 5.75 Å². The summed E-state index contributed by atoms with van der Waals surface area (Å²) in [7, 11) is 1.72. The fourth-order valence-corrected chi connectivity index (χ4v) is 5.52. The van der Waals surface area contributed by atoms with E-state index in [-0.39, 0.29) is 17.7 Å². The molecule has 5 heteroatoms. The van der Waals surface area contributed by atoms with Gasteiger partial charge in [0.25, 0.3) is 0 Å². The van der Waals surface area contributed by atoms with Crippen molar-refractivity contribution < 1.29 is 14.2 Å². The number of rotatable bonds is 8. The first-order chi connectivity index (χ1) is 15.7. The van der Waals surface area contributed by atoms with E-state index in [2.05, 4.69) is 21.9 Å². The molecule has 1 saturated heterocycles. The fraction of sp³-hybridized carbons (Fsp3) is 0.556. The van der Waals surface area contributed by atoms with Crippen molar-refractivity contribution in [2.45, 2.75) is 50.5 Å². The van der Waals surface area contributed by atoms with Gasteiger partial charge in [-0.15, -0.1) is 0 Å². The molecule has 1 N–H and O–H groups in total. The van der Waals surface area contributed by atoms with Crippen molar-refractivity contribution in [2.75, 3.05) is 44.7 Å². The summed E-state index contributed by atoms with van der Waals surface area (Å²) in [6, 6.07) is 15.2. The van der Waals surface area contributed by atoms with E-state index >= 15 is 0 Å². The lowest BCUT2D eigenvalue weighted by Gasteiger charge is -2.38. The van der Waals surface area contributed by atoms with Crippen LogP contribution >= 0.6 is 0 Å². The molecule has 2 atom stereocenters. The van der Waals surface area contributed by atoms with Gasteiger partial charge in [0.1, 0.15) is 11.6 Å². The molecular formula is C27H37FN2O2. The summed E-state index contributed by atoms with van der Waals surface area (Å²) in [5, 5.41) is 11.3. The predicted octanol–water partition coefficient (Wildman–Crippen LogP) is 5.07. The third-order valence-electron chi connectivity index (χ3n) is 7.40. The number of ether oxygens (including phenoxy) is 1. The van der Waals surface area contributed by atoms with Gasteiger partial charge in [0, 0.05) is 32.1 Å². The van der Waals surface area contributed by atoms with Gasteiger partial charge in [-0.1, -0.05) is 49.6 Å². The normalized spacial score (nSPS) is 20.2. The Morgan fingerprint density at radius 3 is 2.38 bits per heavy atom. The zero-order valence-corrected chi connectivity index (χ0v) is 19.3. The number of benzene rings is 2. The number of halogens is 1. The van der Waals surface area contributed by atoms with Crippen molar-refractivity contribution in [2.24, 2.45) is 5.92 Å². The number of hydrogen-bond donors (Lipinski definition) is 1. The maximum atomic E-state index is 14.7. The van der Waals surface area contributed by atoms with E-state index in [0.717, 1.165) is 63.4 Å². The smallest absolute Gasteiger partial charge is 0.142 e. The molecule has 174 valence electrons. The van der Waals surface area contributed by atoms with Gasteiger partial charge in [0.05, 0.1) is 18.9 Å². The number of aliphatic hydroxyl groups excluding tert-OH is 1. The maximum Gasteiger partial charge on any atom is 0.142 e. The van der Waals surface area contributed by atoms with E-state index in [1.54, 1.807) is 13.2 Å². The molecule has 1 saturated carbocycles. The average molecular weight is 441 g/mol. The first-order valence-corrected chi connectivity index (χ1v) is 12.2. The molecule has 2 aromatic carbocycles. The van der Waals surface area contributed by atoms with Gasteiger partial charge in [-0.05, 0) is 55.5 Å². The molecule has 0 spiro atoms. The molecular weight excluding hydrogens is 403 g/mol. The Labute approximate surface area is 192 Å². The van der Waals surface area contributed by atoms with Gasteiger partial charge < -0.3 is 14.7 Å². The summed E-state index contributed by atoms with van der Waals surface area (Å²) < 4.78 is 20.2. The largest absolute Gasteiger partial charge is 0.495 e. The molecule has 1 aliphatic carbocycles. The Kier molecular flexibility index (Phi) is 8.04. The molecule has 4 nitrogen and oxygen atoms in total. The lowest BCUT2D eigenvalue weighted by molar-refractivity contribution is 0.0525. The minimum Gasteiger partial charge on any atom is -0.495 e. The topological polar surface area (TPSA) is 35.9 Å². The monoisotopic (exact) mass is 440 g/mol. The number of nitrogens with zero attached hydrogens (tertiary/aromatic N) is 2. The highest BCUT2D eigenvalue weighted by Gasteiger charge is 2.32. The zero-order valence-electron chi connectivity index (χ0n) is 19.3. The molecule has 0 amide bonds. The van der Waals surface area contributed by atoms with Crippen LogP contribution in [0.15, 0.2) is 48.5 Å². The third-order valence-corrected chi connectivity index (χ3v) is 7.40. The molecule has 2 aromatic rings. The standard InChI is InChI=1S/C27H37FN2O2/c1-32-26-14-8-7-13-25(26)30-19-17-29(18-20-30)16-15-23(22-11-5-6-12-24(22)28)27(31)21-9-3-2-4-10-21/h5-8,11-14,21,23,27,31H,2-4,9-10,15-20H2,1H3/t23-,27+/m0/s1. The first-order valence-electron chi connectivity index (χ1n) is 12.2. The third kappa shape index (κ3) is 5.44. The summed E-state index contributed by atoms with van der Waals surface area (Å²) in [6.45, 7) is 4.68. The zero-order chi connectivity index (χ0) is 22.3. The Morgan fingerprint density at radius 1 is 0.969 bits per heavy atom. The van der Waals surface area contributed by atoms with Crippen LogP contribution in [0.4, 0.5) is 10.1 Å². The molecule has 4 rings (SSSR count). The molecule has 2 aliphatic rings. The Morgan fingerprint density at radius 2 is 1.66 bits per heavy atom. The number of methoxy groups -OCH3 is 1. The van der Waals surface area contributed by atoms with Crippen LogP contribution in [0.3, 0.4) is 0 Å². The van der Waals surface area contributed by atoms with E-state index in [9.17, 15) is 9.50 Å². The van der Waals surface area contributed by atoms with Crippen LogP contribution in [0.5, 0.6) is 5.75 Å². The summed E-state index contributed by atoms with van der Waals surface area (Å²) >= 11 is 0. The summed E-state index contributed by atoms with van der Waals surface area (Å²) in [5.74, 6) is 0.867. The fourth-order valence-electron chi connectivity index (χ4n) is 5.52. The lowest BCUT2D eigenvalue weighted by atomic mass is 9.77. The van der Waals surface area contributed by atoms with E-state index in [1.165, 1.54) is 25.3 Å². The van der Waals surface area contributed by atoms with Gasteiger partial charge in [-0.2, -0.15) is 0 Å². The Bertz CT molecular complexity index is 847. The van der Waals surface area contributed by atoms with E-state index < -0.39 is 6.10 Å².